The number of esters is 1. The molecule has 0 aromatic heterocycles. The van der Waals surface area contributed by atoms with Crippen LogP contribution < -0.4 is 0 Å². The first-order valence-corrected chi connectivity index (χ1v) is 7.99. The van der Waals surface area contributed by atoms with Crippen LogP contribution in [0.15, 0.2) is 22.7 Å². The maximum Gasteiger partial charge on any atom is 0.343 e. The quantitative estimate of drug-likeness (QED) is 0.135. The van der Waals surface area contributed by atoms with Gasteiger partial charge in [0.05, 0.1) is 12.2 Å². The Morgan fingerprint density at radius 2 is 2.18 bits per heavy atom. The first-order valence-electron chi connectivity index (χ1n) is 6.28. The molecule has 0 aliphatic heterocycles. The van der Waals surface area contributed by atoms with Crippen molar-refractivity contribution in [2.24, 2.45) is 4.99 Å². The van der Waals surface area contributed by atoms with E-state index in [0.29, 0.717) is 15.9 Å². The molecule has 1 aromatic carbocycles. The van der Waals surface area contributed by atoms with Gasteiger partial charge in [0, 0.05) is 22.1 Å². The highest BCUT2D eigenvalue weighted by atomic mass is 127. The highest BCUT2D eigenvalue weighted by molar-refractivity contribution is 14.1. The molecule has 22 heavy (non-hydrogen) atoms. The number of benzene rings is 1. The zero-order valence-corrected chi connectivity index (χ0v) is 14.7. The largest absolute Gasteiger partial charge is 0.506 e. The minimum atomic E-state index is -1.25. The number of nitrogens with zero attached hydrogens (tertiary/aromatic N) is 1. The molecule has 1 aromatic rings. The first kappa shape index (κ1) is 18.9. The summed E-state index contributed by atoms with van der Waals surface area (Å²) >= 11 is 5.73. The van der Waals surface area contributed by atoms with Gasteiger partial charge in [0.2, 0.25) is 0 Å². The van der Waals surface area contributed by atoms with E-state index in [4.69, 9.17) is 4.74 Å². The van der Waals surface area contributed by atoms with Gasteiger partial charge in [0.15, 0.2) is 11.6 Å². The van der Waals surface area contributed by atoms with Crippen LogP contribution in [0.5, 0.6) is 0 Å². The lowest BCUT2D eigenvalue weighted by atomic mass is 10.1. The van der Waals surface area contributed by atoms with Crippen LogP contribution in [-0.2, 0) is 9.53 Å². The number of ether oxygens (including phenoxy) is 1. The first-order chi connectivity index (χ1) is 10.4. The summed E-state index contributed by atoms with van der Waals surface area (Å²) in [5.74, 6) is -3.54. The van der Waals surface area contributed by atoms with Crippen LogP contribution in [0.3, 0.4) is 0 Å². The van der Waals surface area contributed by atoms with Gasteiger partial charge in [-0.1, -0.05) is 0 Å². The number of thiol groups is 1. The normalized spacial score (nSPS) is 12.4. The molecule has 0 unspecified atom stereocenters. The number of halogens is 3. The fraction of sp³-hybridized carbons (Fsp3) is 0.286. The standard InChI is InChI=1S/C14H14F2INO3S/c1-2-21-14(20)10(7-18-3-4-22)13(19)9-5-8(17)6-11(15)12(9)16/h5-7,19,22H,2-4H2,1H3/b13-10-,18-7?. The van der Waals surface area contributed by atoms with Crippen LogP contribution in [-0.4, -0.2) is 36.2 Å². The summed E-state index contributed by atoms with van der Waals surface area (Å²) in [5, 5.41) is 10.2. The number of aliphatic hydroxyl groups is 1. The molecule has 120 valence electrons. The Hall–Kier alpha value is -1.16. The zero-order valence-electron chi connectivity index (χ0n) is 11.6. The van der Waals surface area contributed by atoms with Gasteiger partial charge < -0.3 is 9.84 Å². The molecule has 0 radical (unpaired) electrons. The van der Waals surface area contributed by atoms with Crippen molar-refractivity contribution in [1.29, 1.82) is 0 Å². The van der Waals surface area contributed by atoms with E-state index in [2.05, 4.69) is 17.6 Å². The van der Waals surface area contributed by atoms with Gasteiger partial charge in [-0.15, -0.1) is 0 Å². The lowest BCUT2D eigenvalue weighted by Gasteiger charge is -2.09. The molecule has 0 aliphatic rings. The van der Waals surface area contributed by atoms with Crippen LogP contribution in [0.2, 0.25) is 0 Å². The Bertz CT molecular complexity index is 620. The fourth-order valence-corrected chi connectivity index (χ4v) is 2.21. The number of hydrogen-bond acceptors (Lipinski definition) is 5. The van der Waals surface area contributed by atoms with Crippen LogP contribution in [0, 0.1) is 15.2 Å². The van der Waals surface area contributed by atoms with Crippen molar-refractivity contribution in [2.75, 3.05) is 18.9 Å². The highest BCUT2D eigenvalue weighted by Crippen LogP contribution is 2.24. The summed E-state index contributed by atoms with van der Waals surface area (Å²) in [6, 6.07) is 2.20. The summed E-state index contributed by atoms with van der Waals surface area (Å²) in [6.45, 7) is 1.95. The summed E-state index contributed by atoms with van der Waals surface area (Å²) < 4.78 is 32.5. The minimum absolute atomic E-state index is 0.0686. The molecular weight excluding hydrogens is 427 g/mol. The van der Waals surface area contributed by atoms with Crippen molar-refractivity contribution >= 4 is 53.2 Å². The van der Waals surface area contributed by atoms with Crippen molar-refractivity contribution in [3.05, 3.63) is 38.5 Å². The third-order valence-electron chi connectivity index (χ3n) is 2.45. The summed E-state index contributed by atoms with van der Waals surface area (Å²) in [4.78, 5) is 15.7. The van der Waals surface area contributed by atoms with Crippen molar-refractivity contribution in [3.63, 3.8) is 0 Å². The Morgan fingerprint density at radius 3 is 2.77 bits per heavy atom. The Labute approximate surface area is 145 Å². The van der Waals surface area contributed by atoms with E-state index in [-0.39, 0.29) is 12.2 Å². The summed E-state index contributed by atoms with van der Waals surface area (Å²) in [5.41, 5.74) is -0.770. The summed E-state index contributed by atoms with van der Waals surface area (Å²) in [6.07, 6.45) is 1.07. The number of carbonyl (C=O) groups is 1. The Kier molecular flexibility index (Phi) is 7.80. The van der Waals surface area contributed by atoms with E-state index in [0.717, 1.165) is 12.3 Å². The smallest absolute Gasteiger partial charge is 0.343 e. The second-order valence-corrected chi connectivity index (χ2v) is 5.68. The van der Waals surface area contributed by atoms with Gasteiger partial charge in [0.1, 0.15) is 11.3 Å². The maximum atomic E-state index is 13.8. The molecule has 0 amide bonds. The predicted molar refractivity (Wildman–Crippen MR) is 92.5 cm³/mol. The lowest BCUT2D eigenvalue weighted by Crippen LogP contribution is -2.12. The van der Waals surface area contributed by atoms with Crippen LogP contribution in [0.1, 0.15) is 12.5 Å². The third-order valence-corrected chi connectivity index (χ3v) is 3.27. The molecule has 1 N–H and O–H groups in total. The van der Waals surface area contributed by atoms with E-state index in [1.165, 1.54) is 6.07 Å². The Balaban J connectivity index is 3.41. The van der Waals surface area contributed by atoms with E-state index >= 15 is 0 Å². The van der Waals surface area contributed by atoms with Crippen molar-refractivity contribution in [3.8, 4) is 0 Å². The van der Waals surface area contributed by atoms with Gasteiger partial charge in [-0.25, -0.2) is 13.6 Å². The molecule has 0 fully saturated rings. The molecule has 0 spiro atoms. The maximum absolute atomic E-state index is 13.8. The van der Waals surface area contributed by atoms with Crippen LogP contribution in [0.4, 0.5) is 8.78 Å². The second kappa shape index (κ2) is 9.09. The van der Waals surface area contributed by atoms with E-state index in [9.17, 15) is 18.7 Å². The topological polar surface area (TPSA) is 58.9 Å². The fourth-order valence-electron chi connectivity index (χ4n) is 1.51. The van der Waals surface area contributed by atoms with E-state index < -0.39 is 28.9 Å². The summed E-state index contributed by atoms with van der Waals surface area (Å²) in [7, 11) is 0. The van der Waals surface area contributed by atoms with Gasteiger partial charge in [-0.2, -0.15) is 12.6 Å². The van der Waals surface area contributed by atoms with Gasteiger partial charge >= 0.3 is 5.97 Å². The lowest BCUT2D eigenvalue weighted by molar-refractivity contribution is -0.137. The molecule has 0 saturated carbocycles. The molecule has 0 aliphatic carbocycles. The van der Waals surface area contributed by atoms with Crippen molar-refractivity contribution in [1.82, 2.24) is 0 Å². The molecule has 0 bridgehead atoms. The Morgan fingerprint density at radius 1 is 1.50 bits per heavy atom. The van der Waals surface area contributed by atoms with Crippen molar-refractivity contribution < 1.29 is 23.4 Å². The molecule has 4 nitrogen and oxygen atoms in total. The number of aliphatic hydroxyl groups excluding tert-OH is 1. The van der Waals surface area contributed by atoms with E-state index in [1.807, 2.05) is 0 Å². The number of aliphatic imine (C=N–C) groups is 1. The molecule has 0 heterocycles. The van der Waals surface area contributed by atoms with Gasteiger partial charge in [-0.3, -0.25) is 4.99 Å². The SMILES string of the molecule is CCOC(=O)/C(C=NCCS)=C(\O)c1cc(I)cc(F)c1F. The molecular formula is C14H14F2INO3S. The number of rotatable bonds is 6. The van der Waals surface area contributed by atoms with Gasteiger partial charge in [0.25, 0.3) is 0 Å². The number of carbonyl (C=O) groups excluding carboxylic acids is 1. The van der Waals surface area contributed by atoms with Crippen LogP contribution >= 0.6 is 35.2 Å². The van der Waals surface area contributed by atoms with E-state index in [1.54, 1.807) is 29.5 Å². The highest BCUT2D eigenvalue weighted by Gasteiger charge is 2.21. The average Bonchev–Trinajstić information content (AvgIpc) is 2.47. The van der Waals surface area contributed by atoms with Gasteiger partial charge in [-0.05, 0) is 41.6 Å². The minimum Gasteiger partial charge on any atom is -0.506 e. The predicted octanol–water partition coefficient (Wildman–Crippen LogP) is 3.40. The average molecular weight is 441 g/mol. The van der Waals surface area contributed by atoms with Crippen LogP contribution in [0.25, 0.3) is 5.76 Å². The second-order valence-electron chi connectivity index (χ2n) is 3.99. The molecule has 0 atom stereocenters. The molecule has 1 rings (SSSR count). The molecule has 8 heteroatoms. The zero-order chi connectivity index (χ0) is 16.7. The molecule has 0 saturated heterocycles. The number of hydrogen-bond donors (Lipinski definition) is 2. The van der Waals surface area contributed by atoms with Crippen molar-refractivity contribution in [2.45, 2.75) is 6.92 Å². The monoisotopic (exact) mass is 441 g/mol. The third kappa shape index (κ3) is 4.94.